The highest BCUT2D eigenvalue weighted by molar-refractivity contribution is 6.53. The predicted octanol–water partition coefficient (Wildman–Crippen LogP) is 4.79. The zero-order chi connectivity index (χ0) is 21.9. The molecule has 0 fully saturated rings. The molecule has 0 saturated carbocycles. The minimum Gasteiger partial charge on any atom is -0.333 e. The molecule has 0 aliphatic rings. The minimum atomic E-state index is -4.40. The van der Waals surface area contributed by atoms with Crippen LogP contribution in [0.4, 0.5) is 23.7 Å². The zero-order valence-corrected chi connectivity index (χ0v) is 17.0. The second kappa shape index (κ2) is 12.3. The first-order valence-electron chi connectivity index (χ1n) is 7.88. The van der Waals surface area contributed by atoms with Crippen molar-refractivity contribution in [2.24, 2.45) is 0 Å². The quantitative estimate of drug-likeness (QED) is 0.511. The van der Waals surface area contributed by atoms with Crippen molar-refractivity contribution in [2.75, 3.05) is 32.5 Å². The molecule has 0 spiro atoms. The van der Waals surface area contributed by atoms with Crippen LogP contribution in [0, 0.1) is 0 Å². The van der Waals surface area contributed by atoms with Crippen LogP contribution in [0.15, 0.2) is 49.6 Å². The summed E-state index contributed by atoms with van der Waals surface area (Å²) in [4.78, 5) is 24.1. The summed E-state index contributed by atoms with van der Waals surface area (Å²) in [5.74, 6) is -0.321. The number of hydrogen-bond donors (Lipinski definition) is 1. The van der Waals surface area contributed by atoms with Gasteiger partial charge < -0.3 is 15.1 Å². The molecule has 0 bridgehead atoms. The monoisotopic (exact) mass is 439 g/mol. The maximum atomic E-state index is 12.3. The lowest BCUT2D eigenvalue weighted by molar-refractivity contribution is -0.137. The van der Waals surface area contributed by atoms with Crippen molar-refractivity contribution in [3.8, 4) is 0 Å². The van der Waals surface area contributed by atoms with Gasteiger partial charge in [0.25, 0.3) is 5.91 Å². The molecule has 156 valence electrons. The van der Waals surface area contributed by atoms with Crippen LogP contribution in [0.1, 0.15) is 5.56 Å². The van der Waals surface area contributed by atoms with E-state index < -0.39 is 22.6 Å². The minimum absolute atomic E-state index is 0.119. The smallest absolute Gasteiger partial charge is 0.333 e. The number of nitrogens with one attached hydrogen (secondary N) is 1. The van der Waals surface area contributed by atoms with E-state index in [4.69, 9.17) is 23.2 Å². The Hall–Kier alpha value is -2.19. The summed E-state index contributed by atoms with van der Waals surface area (Å²) in [5, 5.41) is 2.34. The van der Waals surface area contributed by atoms with Crippen molar-refractivity contribution in [3.05, 3.63) is 55.1 Å². The van der Waals surface area contributed by atoms with Gasteiger partial charge in [-0.15, -0.1) is 13.2 Å². The summed E-state index contributed by atoms with van der Waals surface area (Å²) < 4.78 is 37.0. The van der Waals surface area contributed by atoms with Crippen LogP contribution in [0.25, 0.3) is 0 Å². The largest absolute Gasteiger partial charge is 0.416 e. The van der Waals surface area contributed by atoms with Crippen LogP contribution in [-0.4, -0.2) is 53.8 Å². The Morgan fingerprint density at radius 2 is 1.71 bits per heavy atom. The molecule has 1 N–H and O–H groups in total. The molecule has 0 heterocycles. The lowest BCUT2D eigenvalue weighted by Gasteiger charge is -2.19. The molecular weight excluding hydrogens is 418 g/mol. The van der Waals surface area contributed by atoms with Crippen LogP contribution >= 0.6 is 23.2 Å². The number of carbonyl (C=O) groups excluding carboxylic acids is 2. The topological polar surface area (TPSA) is 52.7 Å². The maximum absolute atomic E-state index is 12.3. The lowest BCUT2D eigenvalue weighted by Crippen LogP contribution is -2.35. The van der Waals surface area contributed by atoms with E-state index in [2.05, 4.69) is 18.5 Å². The Bertz CT molecular complexity index is 670. The van der Waals surface area contributed by atoms with Crippen LogP contribution in [-0.2, 0) is 11.0 Å². The standard InChI is InChI=1S/C10H11F3N2O.C8H11Cl2NO/c1-15(2)9(16)14-8-5-3-4-7(6-8)10(11,12)13;1-3-5-11(6-4-2)8(12)7(9)10/h3-6H,1-2H3,(H,14,16);3-4,7H,1-2,5-6H2. The summed E-state index contributed by atoms with van der Waals surface area (Å²) in [6, 6.07) is 4.01. The van der Waals surface area contributed by atoms with Crippen LogP contribution in [0.5, 0.6) is 0 Å². The lowest BCUT2D eigenvalue weighted by atomic mass is 10.2. The van der Waals surface area contributed by atoms with Crippen molar-refractivity contribution in [2.45, 2.75) is 11.0 Å². The van der Waals surface area contributed by atoms with Gasteiger partial charge in [0.1, 0.15) is 0 Å². The third-order valence-electron chi connectivity index (χ3n) is 3.04. The number of urea groups is 1. The first-order valence-corrected chi connectivity index (χ1v) is 8.75. The van der Waals surface area contributed by atoms with Crippen molar-refractivity contribution < 1.29 is 22.8 Å². The van der Waals surface area contributed by atoms with Gasteiger partial charge in [-0.25, -0.2) is 4.79 Å². The van der Waals surface area contributed by atoms with E-state index in [1.54, 1.807) is 12.2 Å². The van der Waals surface area contributed by atoms with Crippen LogP contribution < -0.4 is 5.32 Å². The van der Waals surface area contributed by atoms with E-state index in [9.17, 15) is 22.8 Å². The van der Waals surface area contributed by atoms with Gasteiger partial charge in [0.15, 0.2) is 4.84 Å². The second-order valence-corrected chi connectivity index (χ2v) is 6.62. The Labute approximate surface area is 172 Å². The Balaban J connectivity index is 0.000000546. The zero-order valence-electron chi connectivity index (χ0n) is 15.5. The van der Waals surface area contributed by atoms with Crippen molar-refractivity contribution >= 4 is 40.8 Å². The third-order valence-corrected chi connectivity index (χ3v) is 3.42. The molecule has 1 aromatic rings. The normalized spacial score (nSPS) is 10.4. The highest BCUT2D eigenvalue weighted by Gasteiger charge is 2.30. The number of alkyl halides is 5. The molecule has 10 heteroatoms. The van der Waals surface area contributed by atoms with E-state index in [1.165, 1.54) is 36.0 Å². The molecular formula is C18H22Cl2F3N3O2. The van der Waals surface area contributed by atoms with Gasteiger partial charge in [0.2, 0.25) is 0 Å². The molecule has 1 aromatic carbocycles. The predicted molar refractivity (Wildman–Crippen MR) is 107 cm³/mol. The molecule has 0 atom stereocenters. The molecule has 0 radical (unpaired) electrons. The third kappa shape index (κ3) is 9.66. The SMILES string of the molecule is C=CCN(CC=C)C(=O)C(Cl)Cl.CN(C)C(=O)Nc1cccc(C(F)(F)F)c1. The molecule has 0 unspecified atom stereocenters. The first kappa shape index (κ1) is 25.8. The van der Waals surface area contributed by atoms with E-state index in [0.29, 0.717) is 13.1 Å². The number of carbonyl (C=O) groups is 2. The molecule has 3 amide bonds. The summed E-state index contributed by atoms with van der Waals surface area (Å²) in [6.45, 7) is 7.88. The molecule has 1 rings (SSSR count). The first-order chi connectivity index (χ1) is 12.9. The second-order valence-electron chi connectivity index (χ2n) is 5.52. The van der Waals surface area contributed by atoms with E-state index in [0.717, 1.165) is 12.1 Å². The number of hydrogen-bond acceptors (Lipinski definition) is 2. The molecule has 28 heavy (non-hydrogen) atoms. The number of anilines is 1. The Morgan fingerprint density at radius 3 is 2.11 bits per heavy atom. The van der Waals surface area contributed by atoms with E-state index >= 15 is 0 Å². The summed E-state index contributed by atoms with van der Waals surface area (Å²) in [5.41, 5.74) is -0.669. The molecule has 0 aliphatic carbocycles. The van der Waals surface area contributed by atoms with Gasteiger partial charge in [-0.2, -0.15) is 13.2 Å². The van der Waals surface area contributed by atoms with Crippen molar-refractivity contribution in [1.82, 2.24) is 9.80 Å². The van der Waals surface area contributed by atoms with Gasteiger partial charge in [0, 0.05) is 32.9 Å². The van der Waals surface area contributed by atoms with Gasteiger partial charge >= 0.3 is 12.2 Å². The van der Waals surface area contributed by atoms with Crippen LogP contribution in [0.3, 0.4) is 0 Å². The van der Waals surface area contributed by atoms with Gasteiger partial charge in [0.05, 0.1) is 5.56 Å². The molecule has 5 nitrogen and oxygen atoms in total. The summed E-state index contributed by atoms with van der Waals surface area (Å²) >= 11 is 10.8. The maximum Gasteiger partial charge on any atom is 0.416 e. The number of rotatable bonds is 6. The molecule has 0 saturated heterocycles. The van der Waals surface area contributed by atoms with Gasteiger partial charge in [-0.05, 0) is 18.2 Å². The molecule has 0 aliphatic heterocycles. The number of nitrogens with zero attached hydrogens (tertiary/aromatic N) is 2. The van der Waals surface area contributed by atoms with Crippen molar-refractivity contribution in [3.63, 3.8) is 0 Å². The average Bonchev–Trinajstić information content (AvgIpc) is 2.60. The Kier molecular flexibility index (Phi) is 11.3. The summed E-state index contributed by atoms with van der Waals surface area (Å²) in [6.07, 6.45) is -1.19. The fourth-order valence-corrected chi connectivity index (χ4v) is 1.99. The fourth-order valence-electron chi connectivity index (χ4n) is 1.71. The highest BCUT2D eigenvalue weighted by atomic mass is 35.5. The molecule has 0 aromatic heterocycles. The Morgan fingerprint density at radius 1 is 1.18 bits per heavy atom. The van der Waals surface area contributed by atoms with E-state index in [-0.39, 0.29) is 11.6 Å². The van der Waals surface area contributed by atoms with Crippen LogP contribution in [0.2, 0.25) is 0 Å². The van der Waals surface area contributed by atoms with Gasteiger partial charge in [-0.1, -0.05) is 41.4 Å². The summed E-state index contributed by atoms with van der Waals surface area (Å²) in [7, 11) is 3.01. The highest BCUT2D eigenvalue weighted by Crippen LogP contribution is 2.30. The number of benzene rings is 1. The number of halogens is 5. The van der Waals surface area contributed by atoms with Crippen molar-refractivity contribution in [1.29, 1.82) is 0 Å². The average molecular weight is 440 g/mol. The fraction of sp³-hybridized carbons (Fsp3) is 0.333. The van der Waals surface area contributed by atoms with E-state index in [1.807, 2.05) is 0 Å². The van der Waals surface area contributed by atoms with Gasteiger partial charge in [-0.3, -0.25) is 4.79 Å². The number of amides is 3.